The largest absolute Gasteiger partial charge is 0.493 e. The van der Waals surface area contributed by atoms with E-state index in [0.717, 1.165) is 48.5 Å². The van der Waals surface area contributed by atoms with Gasteiger partial charge in [0.15, 0.2) is 0 Å². The van der Waals surface area contributed by atoms with Gasteiger partial charge in [-0.1, -0.05) is 25.1 Å². The minimum Gasteiger partial charge on any atom is -0.493 e. The molecule has 2 aromatic carbocycles. The highest BCUT2D eigenvalue weighted by Gasteiger charge is 2.36. The molecule has 2 aliphatic heterocycles. The Morgan fingerprint density at radius 1 is 1.15 bits per heavy atom. The Balaban J connectivity index is 1.45. The summed E-state index contributed by atoms with van der Waals surface area (Å²) in [5.41, 5.74) is 2.09. The molecule has 0 saturated carbocycles. The van der Waals surface area contributed by atoms with E-state index in [1.807, 2.05) is 18.2 Å². The number of piperidine rings is 1. The number of fused-ring (bicyclic) bond motifs is 1. The van der Waals surface area contributed by atoms with Crippen LogP contribution in [0.5, 0.6) is 5.75 Å². The molecule has 3 heterocycles. The maximum atomic E-state index is 13.5. The number of nitrogens with zero attached hydrogens (tertiary/aromatic N) is 3. The van der Waals surface area contributed by atoms with E-state index in [1.165, 1.54) is 18.5 Å². The quantitative estimate of drug-likeness (QED) is 0.557. The Morgan fingerprint density at radius 2 is 1.97 bits per heavy atom. The van der Waals surface area contributed by atoms with Crippen molar-refractivity contribution in [2.24, 2.45) is 5.92 Å². The van der Waals surface area contributed by atoms with Gasteiger partial charge in [-0.25, -0.2) is 17.8 Å². The van der Waals surface area contributed by atoms with Gasteiger partial charge in [-0.15, -0.1) is 0 Å². The summed E-state index contributed by atoms with van der Waals surface area (Å²) in [6.07, 6.45) is 4.20. The summed E-state index contributed by atoms with van der Waals surface area (Å²) in [4.78, 5) is 6.49. The molecule has 0 amide bonds. The van der Waals surface area contributed by atoms with E-state index in [2.05, 4.69) is 25.9 Å². The molecule has 174 valence electrons. The van der Waals surface area contributed by atoms with Crippen LogP contribution in [0.25, 0.3) is 0 Å². The van der Waals surface area contributed by atoms with Crippen molar-refractivity contribution in [2.75, 3.05) is 17.9 Å². The summed E-state index contributed by atoms with van der Waals surface area (Å²) >= 11 is 0.979. The van der Waals surface area contributed by atoms with Crippen LogP contribution in [0.1, 0.15) is 49.4 Å². The van der Waals surface area contributed by atoms with Crippen molar-refractivity contribution in [3.8, 4) is 5.75 Å². The van der Waals surface area contributed by atoms with E-state index >= 15 is 0 Å². The standard InChI is InChI=1S/C23H25FN4O3S2/c1-15-8-10-28(21(12-15)16-2-4-17(24)5-3-16)20-9-11-31-22-13-18(6-7-19(20)22)33(29,30)27-23-25-14-26-32-23/h2-7,13-15,20-21H,8-12H2,1H3,(H,25,26,27)/t15-,20+,21+/m1/s1. The lowest BCUT2D eigenvalue weighted by molar-refractivity contribution is 0.0487. The number of hydrogen-bond donors (Lipinski definition) is 1. The number of halogens is 1. The number of ether oxygens (including phenoxy) is 1. The number of rotatable bonds is 5. The van der Waals surface area contributed by atoms with Crippen molar-refractivity contribution in [1.29, 1.82) is 0 Å². The first-order chi connectivity index (χ1) is 15.9. The van der Waals surface area contributed by atoms with E-state index in [4.69, 9.17) is 4.74 Å². The average Bonchev–Trinajstić information content (AvgIpc) is 3.31. The molecule has 0 unspecified atom stereocenters. The molecule has 7 nitrogen and oxygen atoms in total. The van der Waals surface area contributed by atoms with Gasteiger partial charge in [-0.3, -0.25) is 9.62 Å². The summed E-state index contributed by atoms with van der Waals surface area (Å²) in [6, 6.07) is 12.1. The lowest BCUT2D eigenvalue weighted by Crippen LogP contribution is -2.40. The van der Waals surface area contributed by atoms with Crippen molar-refractivity contribution in [2.45, 2.75) is 43.2 Å². The lowest BCUT2D eigenvalue weighted by atomic mass is 9.85. The molecule has 5 rings (SSSR count). The van der Waals surface area contributed by atoms with Gasteiger partial charge in [0, 0.05) is 41.7 Å². The Labute approximate surface area is 196 Å². The molecule has 0 radical (unpaired) electrons. The first-order valence-electron chi connectivity index (χ1n) is 11.0. The van der Waals surface area contributed by atoms with Crippen LogP contribution in [-0.2, 0) is 10.0 Å². The number of sulfonamides is 1. The van der Waals surface area contributed by atoms with Gasteiger partial charge in [-0.05, 0) is 49.1 Å². The highest BCUT2D eigenvalue weighted by Crippen LogP contribution is 2.45. The van der Waals surface area contributed by atoms with Crippen LogP contribution >= 0.6 is 11.5 Å². The summed E-state index contributed by atoms with van der Waals surface area (Å²) in [7, 11) is -3.80. The van der Waals surface area contributed by atoms with Crippen LogP contribution in [0.15, 0.2) is 53.7 Å². The van der Waals surface area contributed by atoms with Crippen LogP contribution < -0.4 is 9.46 Å². The van der Waals surface area contributed by atoms with Crippen LogP contribution in [0.2, 0.25) is 0 Å². The second kappa shape index (κ2) is 9.00. The van der Waals surface area contributed by atoms with Gasteiger partial charge in [0.05, 0.1) is 11.5 Å². The van der Waals surface area contributed by atoms with Crippen LogP contribution in [0.4, 0.5) is 9.52 Å². The van der Waals surface area contributed by atoms with E-state index < -0.39 is 10.0 Å². The monoisotopic (exact) mass is 488 g/mol. The second-order valence-electron chi connectivity index (χ2n) is 8.64. The predicted molar refractivity (Wildman–Crippen MR) is 124 cm³/mol. The van der Waals surface area contributed by atoms with Gasteiger partial charge in [0.25, 0.3) is 10.0 Å². The third-order valence-electron chi connectivity index (χ3n) is 6.45. The first kappa shape index (κ1) is 22.2. The molecule has 0 bridgehead atoms. The van der Waals surface area contributed by atoms with E-state index in [0.29, 0.717) is 18.3 Å². The molecule has 3 atom stereocenters. The topological polar surface area (TPSA) is 84.4 Å². The fourth-order valence-electron chi connectivity index (χ4n) is 4.80. The predicted octanol–water partition coefficient (Wildman–Crippen LogP) is 4.77. The molecule has 33 heavy (non-hydrogen) atoms. The molecule has 3 aromatic rings. The molecule has 1 aromatic heterocycles. The van der Waals surface area contributed by atoms with Gasteiger partial charge in [-0.2, -0.15) is 4.37 Å². The molecular weight excluding hydrogens is 463 g/mol. The third kappa shape index (κ3) is 4.60. The number of nitrogens with one attached hydrogen (secondary N) is 1. The zero-order valence-corrected chi connectivity index (χ0v) is 19.8. The molecule has 0 spiro atoms. The van der Waals surface area contributed by atoms with E-state index in [-0.39, 0.29) is 27.9 Å². The molecule has 0 aliphatic carbocycles. The van der Waals surface area contributed by atoms with Gasteiger partial charge in [0.2, 0.25) is 5.13 Å². The molecule has 1 N–H and O–H groups in total. The molecule has 10 heteroatoms. The average molecular weight is 489 g/mol. The number of benzene rings is 2. The van der Waals surface area contributed by atoms with Gasteiger partial charge in [0.1, 0.15) is 17.9 Å². The molecule has 1 fully saturated rings. The summed E-state index contributed by atoms with van der Waals surface area (Å²) in [5.74, 6) is 0.930. The number of hydrogen-bond acceptors (Lipinski definition) is 7. The summed E-state index contributed by atoms with van der Waals surface area (Å²) in [6.45, 7) is 3.69. The molecule has 1 saturated heterocycles. The smallest absolute Gasteiger partial charge is 0.263 e. The fourth-order valence-corrected chi connectivity index (χ4v) is 6.48. The van der Waals surface area contributed by atoms with Crippen molar-refractivity contribution >= 4 is 26.7 Å². The number of likely N-dealkylation sites (tertiary alicyclic amines) is 1. The Morgan fingerprint density at radius 3 is 2.73 bits per heavy atom. The number of anilines is 1. The van der Waals surface area contributed by atoms with Gasteiger partial charge < -0.3 is 4.74 Å². The highest BCUT2D eigenvalue weighted by atomic mass is 32.2. The van der Waals surface area contributed by atoms with Crippen molar-refractivity contribution in [1.82, 2.24) is 14.3 Å². The molecular formula is C23H25FN4O3S2. The summed E-state index contributed by atoms with van der Waals surface area (Å²) in [5, 5.41) is 0.219. The van der Waals surface area contributed by atoms with E-state index in [1.54, 1.807) is 12.1 Å². The Hall–Kier alpha value is -2.56. The minimum atomic E-state index is -3.80. The minimum absolute atomic E-state index is 0.101. The number of aromatic nitrogens is 2. The van der Waals surface area contributed by atoms with Crippen LogP contribution in [0.3, 0.4) is 0 Å². The normalized spacial score (nSPS) is 23.5. The second-order valence-corrected chi connectivity index (χ2v) is 11.1. The highest BCUT2D eigenvalue weighted by molar-refractivity contribution is 7.93. The zero-order valence-electron chi connectivity index (χ0n) is 18.1. The summed E-state index contributed by atoms with van der Waals surface area (Å²) < 4.78 is 51.3. The Bertz CT molecular complexity index is 1220. The maximum absolute atomic E-state index is 13.5. The van der Waals surface area contributed by atoms with Crippen molar-refractivity contribution < 1.29 is 17.5 Å². The Kier molecular flexibility index (Phi) is 6.07. The zero-order chi connectivity index (χ0) is 23.0. The first-order valence-corrected chi connectivity index (χ1v) is 13.2. The maximum Gasteiger partial charge on any atom is 0.263 e. The van der Waals surface area contributed by atoms with Gasteiger partial charge >= 0.3 is 0 Å². The third-order valence-corrected chi connectivity index (χ3v) is 8.49. The van der Waals surface area contributed by atoms with Crippen LogP contribution in [-0.4, -0.2) is 35.8 Å². The SMILES string of the molecule is C[C@@H]1CCN([C@H]2CCOc3cc(S(=O)(=O)Nc4ncns4)ccc32)[C@H](c2ccc(F)cc2)C1. The fraction of sp³-hybridized carbons (Fsp3) is 0.391. The van der Waals surface area contributed by atoms with E-state index in [9.17, 15) is 12.8 Å². The van der Waals surface area contributed by atoms with Crippen molar-refractivity contribution in [3.63, 3.8) is 0 Å². The van der Waals surface area contributed by atoms with Crippen LogP contribution in [0, 0.1) is 11.7 Å². The lowest BCUT2D eigenvalue weighted by Gasteiger charge is -2.45. The van der Waals surface area contributed by atoms with Crippen molar-refractivity contribution in [3.05, 3.63) is 65.7 Å². The molecule has 2 aliphatic rings.